The maximum atomic E-state index is 12.2. The molecule has 174 valence electrons. The van der Waals surface area contributed by atoms with E-state index in [1.54, 1.807) is 25.2 Å². The third kappa shape index (κ3) is 9.47. The summed E-state index contributed by atoms with van der Waals surface area (Å²) in [4.78, 5) is 22.3. The first-order valence-corrected chi connectivity index (χ1v) is 11.8. The normalized spacial score (nSPS) is 10.9. The first kappa shape index (κ1) is 25.3. The van der Waals surface area contributed by atoms with Crippen LogP contribution in [0.15, 0.2) is 35.4 Å². The van der Waals surface area contributed by atoms with Crippen LogP contribution in [0.2, 0.25) is 0 Å². The van der Waals surface area contributed by atoms with Crippen LogP contribution in [0.5, 0.6) is 5.75 Å². The van der Waals surface area contributed by atoms with Crippen molar-refractivity contribution in [3.8, 4) is 5.75 Å². The number of anilines is 1. The highest BCUT2D eigenvalue weighted by Gasteiger charge is 2.07. The highest BCUT2D eigenvalue weighted by molar-refractivity contribution is 7.98. The van der Waals surface area contributed by atoms with E-state index >= 15 is 0 Å². The Morgan fingerprint density at radius 1 is 1.22 bits per heavy atom. The minimum atomic E-state index is -4.67. The average molecular weight is 485 g/mol. The van der Waals surface area contributed by atoms with Gasteiger partial charge >= 0.3 is 10.4 Å². The molecule has 14 heteroatoms. The monoisotopic (exact) mass is 484 g/mol. The molecule has 0 atom stereocenters. The van der Waals surface area contributed by atoms with Gasteiger partial charge in [-0.3, -0.25) is 18.9 Å². The van der Waals surface area contributed by atoms with Crippen LogP contribution in [0, 0.1) is 6.92 Å². The molecule has 0 unspecified atom stereocenters. The van der Waals surface area contributed by atoms with E-state index in [2.05, 4.69) is 30.5 Å². The number of H-pyrrole nitrogens is 2. The fraction of sp³-hybridized carbons (Fsp3) is 0.333. The van der Waals surface area contributed by atoms with Crippen molar-refractivity contribution in [3.05, 3.63) is 63.6 Å². The third-order valence-electron chi connectivity index (χ3n) is 3.98. The van der Waals surface area contributed by atoms with Crippen LogP contribution >= 0.6 is 11.8 Å². The van der Waals surface area contributed by atoms with Gasteiger partial charge in [-0.25, -0.2) is 4.98 Å². The molecule has 0 spiro atoms. The lowest BCUT2D eigenvalue weighted by Crippen LogP contribution is -2.20. The van der Waals surface area contributed by atoms with Crippen molar-refractivity contribution in [2.75, 3.05) is 24.7 Å². The Labute approximate surface area is 188 Å². The van der Waals surface area contributed by atoms with E-state index in [0.29, 0.717) is 24.6 Å². The van der Waals surface area contributed by atoms with E-state index in [4.69, 9.17) is 22.3 Å². The number of aromatic nitrogens is 5. The molecule has 2 aromatic heterocycles. The molecule has 12 nitrogen and oxygen atoms in total. The number of aromatic amines is 2. The Morgan fingerprint density at radius 3 is 2.59 bits per heavy atom. The molecule has 0 aliphatic rings. The quantitative estimate of drug-likeness (QED) is 0.219. The molecule has 0 amide bonds. The summed E-state index contributed by atoms with van der Waals surface area (Å²) in [5, 5.41) is 11.2. The molecular formula is C18H24N6O6S2. The topological polar surface area (TPSA) is 183 Å². The Bertz CT molecular complexity index is 1160. The maximum absolute atomic E-state index is 12.2. The van der Waals surface area contributed by atoms with Crippen molar-refractivity contribution < 1.29 is 22.3 Å². The van der Waals surface area contributed by atoms with Crippen molar-refractivity contribution in [2.24, 2.45) is 0 Å². The second-order valence-electron chi connectivity index (χ2n) is 6.38. The van der Waals surface area contributed by atoms with Gasteiger partial charge in [-0.15, -0.1) is 10.2 Å². The van der Waals surface area contributed by atoms with Crippen LogP contribution < -0.4 is 15.6 Å². The van der Waals surface area contributed by atoms with Crippen LogP contribution in [0.3, 0.4) is 0 Å². The molecular weight excluding hydrogens is 460 g/mol. The predicted molar refractivity (Wildman–Crippen MR) is 121 cm³/mol. The molecule has 0 radical (unpaired) electrons. The zero-order valence-corrected chi connectivity index (χ0v) is 19.0. The third-order valence-corrected chi connectivity index (χ3v) is 4.95. The van der Waals surface area contributed by atoms with Crippen molar-refractivity contribution in [1.29, 1.82) is 0 Å². The maximum Gasteiger partial charge on any atom is 0.394 e. The number of aryl methyl sites for hydroxylation is 1. The molecule has 1 aromatic carbocycles. The summed E-state index contributed by atoms with van der Waals surface area (Å²) in [5.41, 5.74) is 3.24. The lowest BCUT2D eigenvalue weighted by molar-refractivity contribution is 0.381. The molecule has 0 aliphatic heterocycles. The van der Waals surface area contributed by atoms with Crippen molar-refractivity contribution in [1.82, 2.24) is 25.1 Å². The number of methoxy groups -OCH3 is 1. The molecule has 2 heterocycles. The summed E-state index contributed by atoms with van der Waals surface area (Å²) in [7, 11) is -3.06. The number of thioether (sulfide) groups is 1. The van der Waals surface area contributed by atoms with E-state index in [0.717, 1.165) is 34.2 Å². The lowest BCUT2D eigenvalue weighted by Gasteiger charge is -2.06. The molecule has 0 aliphatic carbocycles. The number of nitrogens with zero attached hydrogens (tertiary/aromatic N) is 3. The van der Waals surface area contributed by atoms with Crippen LogP contribution in [0.1, 0.15) is 22.6 Å². The number of ether oxygens (including phenoxy) is 1. The van der Waals surface area contributed by atoms with Crippen LogP contribution in [0.4, 0.5) is 5.95 Å². The zero-order valence-electron chi connectivity index (χ0n) is 17.4. The number of hydrogen-bond donors (Lipinski definition) is 5. The molecule has 3 rings (SSSR count). The number of benzene rings is 1. The van der Waals surface area contributed by atoms with Gasteiger partial charge in [0.05, 0.1) is 19.1 Å². The van der Waals surface area contributed by atoms with E-state index in [9.17, 15) is 4.79 Å². The smallest absolute Gasteiger partial charge is 0.394 e. The van der Waals surface area contributed by atoms with E-state index in [1.165, 1.54) is 0 Å². The number of nitrogens with one attached hydrogen (secondary N) is 3. The summed E-state index contributed by atoms with van der Waals surface area (Å²) in [6.07, 6.45) is 2.11. The summed E-state index contributed by atoms with van der Waals surface area (Å²) in [6, 6.07) is 7.55. The SMILES string of the molecule is COc1cccc(Cc2nnc(NCCSCc3nc[nH]c3C)[nH]c2=O)c1.O=S(=O)(O)O. The van der Waals surface area contributed by atoms with Gasteiger partial charge in [-0.1, -0.05) is 12.1 Å². The average Bonchev–Trinajstić information content (AvgIpc) is 3.13. The fourth-order valence-corrected chi connectivity index (χ4v) is 3.35. The molecule has 0 bridgehead atoms. The van der Waals surface area contributed by atoms with Crippen molar-refractivity contribution in [2.45, 2.75) is 19.1 Å². The van der Waals surface area contributed by atoms with E-state index < -0.39 is 10.4 Å². The standard InChI is InChI=1S/C18H22N6O2S.H2O4S/c1-12-16(21-11-20-12)10-27-7-6-19-18-22-17(25)15(23-24-18)9-13-4-3-5-14(8-13)26-2;1-5(2,3)4/h3-5,8,11H,6-7,9-10H2,1-2H3,(H,20,21)(H2,19,22,24,25);(H2,1,2,3,4). The lowest BCUT2D eigenvalue weighted by atomic mass is 10.1. The Balaban J connectivity index is 0.000000654. The summed E-state index contributed by atoms with van der Waals surface area (Å²) >= 11 is 1.76. The molecule has 5 N–H and O–H groups in total. The molecule has 0 fully saturated rings. The summed E-state index contributed by atoms with van der Waals surface area (Å²) in [5.74, 6) is 2.84. The minimum Gasteiger partial charge on any atom is -0.497 e. The zero-order chi connectivity index (χ0) is 23.6. The molecule has 0 saturated heterocycles. The Morgan fingerprint density at radius 2 is 1.97 bits per heavy atom. The van der Waals surface area contributed by atoms with Crippen LogP contribution in [-0.2, 0) is 22.6 Å². The van der Waals surface area contributed by atoms with Gasteiger partial charge in [0.15, 0.2) is 0 Å². The first-order chi connectivity index (χ1) is 15.2. The van der Waals surface area contributed by atoms with Gasteiger partial charge in [-0.05, 0) is 24.6 Å². The summed E-state index contributed by atoms with van der Waals surface area (Å²) in [6.45, 7) is 2.68. The van der Waals surface area contributed by atoms with Gasteiger partial charge in [0.25, 0.3) is 5.56 Å². The first-order valence-electron chi connectivity index (χ1n) is 9.25. The summed E-state index contributed by atoms with van der Waals surface area (Å²) < 4.78 is 36.8. The van der Waals surface area contributed by atoms with Crippen LogP contribution in [0.25, 0.3) is 0 Å². The number of imidazole rings is 1. The highest BCUT2D eigenvalue weighted by Crippen LogP contribution is 2.14. The largest absolute Gasteiger partial charge is 0.497 e. The van der Waals surface area contributed by atoms with Crippen molar-refractivity contribution in [3.63, 3.8) is 0 Å². The molecule has 3 aromatic rings. The van der Waals surface area contributed by atoms with E-state index in [1.807, 2.05) is 31.2 Å². The predicted octanol–water partition coefficient (Wildman–Crippen LogP) is 1.49. The number of rotatable bonds is 9. The van der Waals surface area contributed by atoms with Gasteiger partial charge in [0.2, 0.25) is 5.95 Å². The second-order valence-corrected chi connectivity index (χ2v) is 8.38. The van der Waals surface area contributed by atoms with Crippen LogP contribution in [-0.4, -0.2) is 62.1 Å². The molecule has 32 heavy (non-hydrogen) atoms. The van der Waals surface area contributed by atoms with Crippen molar-refractivity contribution >= 4 is 28.1 Å². The number of hydrogen-bond acceptors (Lipinski definition) is 9. The van der Waals surface area contributed by atoms with Gasteiger partial charge in [0, 0.05) is 30.2 Å². The minimum absolute atomic E-state index is 0.241. The van der Waals surface area contributed by atoms with Gasteiger partial charge in [-0.2, -0.15) is 20.2 Å². The Hall–Kier alpha value is -2.94. The molecule has 0 saturated carbocycles. The van der Waals surface area contributed by atoms with E-state index in [-0.39, 0.29) is 5.56 Å². The highest BCUT2D eigenvalue weighted by atomic mass is 32.3. The Kier molecular flexibility index (Phi) is 9.64. The van der Waals surface area contributed by atoms with Gasteiger partial charge in [0.1, 0.15) is 11.4 Å². The second kappa shape index (κ2) is 12.2. The van der Waals surface area contributed by atoms with Gasteiger partial charge < -0.3 is 15.0 Å². The fourth-order valence-electron chi connectivity index (χ4n) is 2.47.